The molecular formula is C21H20Cl2FN5O2S. The summed E-state index contributed by atoms with van der Waals surface area (Å²) in [6.07, 6.45) is 0. The molecule has 0 aliphatic carbocycles. The van der Waals surface area contributed by atoms with Crippen LogP contribution in [-0.2, 0) is 11.3 Å². The Morgan fingerprint density at radius 1 is 1.12 bits per heavy atom. The van der Waals surface area contributed by atoms with Gasteiger partial charge >= 0.3 is 0 Å². The fourth-order valence-electron chi connectivity index (χ4n) is 2.80. The molecule has 7 nitrogen and oxygen atoms in total. The number of carbonyl (C=O) groups is 2. The number of thioether (sulfide) groups is 1. The summed E-state index contributed by atoms with van der Waals surface area (Å²) in [4.78, 5) is 24.2. The van der Waals surface area contributed by atoms with Gasteiger partial charge in [0, 0.05) is 17.1 Å². The van der Waals surface area contributed by atoms with Gasteiger partial charge in [0.15, 0.2) is 11.0 Å². The molecule has 32 heavy (non-hydrogen) atoms. The maximum absolute atomic E-state index is 13.7. The molecule has 0 unspecified atom stereocenters. The van der Waals surface area contributed by atoms with E-state index in [0.29, 0.717) is 33.1 Å². The first-order valence-electron chi connectivity index (χ1n) is 9.61. The summed E-state index contributed by atoms with van der Waals surface area (Å²) < 4.78 is 15.5. The molecule has 0 spiro atoms. The van der Waals surface area contributed by atoms with E-state index in [-0.39, 0.29) is 17.2 Å². The van der Waals surface area contributed by atoms with E-state index >= 15 is 0 Å². The summed E-state index contributed by atoms with van der Waals surface area (Å²) in [6.45, 7) is 4.70. The van der Waals surface area contributed by atoms with E-state index in [0.717, 1.165) is 11.8 Å². The van der Waals surface area contributed by atoms with Crippen LogP contribution in [0.15, 0.2) is 47.6 Å². The molecule has 3 rings (SSSR count). The summed E-state index contributed by atoms with van der Waals surface area (Å²) in [6, 6.07) is 10.6. The zero-order valence-electron chi connectivity index (χ0n) is 17.2. The Labute approximate surface area is 198 Å². The van der Waals surface area contributed by atoms with E-state index in [1.165, 1.54) is 24.3 Å². The highest BCUT2D eigenvalue weighted by atomic mass is 35.5. The summed E-state index contributed by atoms with van der Waals surface area (Å²) >= 11 is 13.5. The number of rotatable bonds is 7. The second-order valence-corrected chi connectivity index (χ2v) is 8.99. The van der Waals surface area contributed by atoms with Crippen molar-refractivity contribution in [2.75, 3.05) is 5.75 Å². The van der Waals surface area contributed by atoms with Gasteiger partial charge in [0.2, 0.25) is 5.91 Å². The minimum atomic E-state index is -0.746. The molecule has 2 amide bonds. The number of benzene rings is 2. The van der Waals surface area contributed by atoms with Gasteiger partial charge in [-0.1, -0.05) is 60.9 Å². The van der Waals surface area contributed by atoms with Gasteiger partial charge in [-0.3, -0.25) is 20.4 Å². The molecule has 0 bridgehead atoms. The Kier molecular flexibility index (Phi) is 8.11. The monoisotopic (exact) mass is 495 g/mol. The van der Waals surface area contributed by atoms with Crippen LogP contribution in [0.2, 0.25) is 10.0 Å². The number of hydrogen-bond acceptors (Lipinski definition) is 5. The summed E-state index contributed by atoms with van der Waals surface area (Å²) in [5.74, 6) is -1.10. The van der Waals surface area contributed by atoms with Crippen molar-refractivity contribution in [3.05, 3.63) is 63.9 Å². The summed E-state index contributed by atoms with van der Waals surface area (Å²) in [5, 5.41) is 9.94. The van der Waals surface area contributed by atoms with Crippen LogP contribution in [0.4, 0.5) is 4.39 Å². The fourth-order valence-corrected chi connectivity index (χ4v) is 4.04. The molecule has 0 saturated heterocycles. The molecule has 3 aromatic rings. The molecule has 0 saturated carbocycles. The summed E-state index contributed by atoms with van der Waals surface area (Å²) in [5.41, 5.74) is 4.99. The van der Waals surface area contributed by atoms with Crippen LogP contribution in [0.3, 0.4) is 0 Å². The number of halogens is 3. The van der Waals surface area contributed by atoms with Crippen LogP contribution in [-0.4, -0.2) is 32.3 Å². The molecule has 0 aliphatic rings. The zero-order chi connectivity index (χ0) is 23.3. The highest BCUT2D eigenvalue weighted by molar-refractivity contribution is 7.99. The SMILES string of the molecule is CC(C)Cn1c(SCC(=O)NNC(=O)c2ccccc2F)nnc1-c1ccc(Cl)cc1Cl. The number of aromatic nitrogens is 3. The standard InChI is InChI=1S/C21H20Cl2FN5O2S/c1-12(2)10-29-19(14-8-7-13(22)9-16(14)23)26-28-21(29)32-11-18(30)25-27-20(31)15-5-3-4-6-17(15)24/h3-9,12H,10-11H2,1-2H3,(H,25,30)(H,27,31). The summed E-state index contributed by atoms with van der Waals surface area (Å²) in [7, 11) is 0. The zero-order valence-corrected chi connectivity index (χ0v) is 19.6. The Morgan fingerprint density at radius 2 is 1.88 bits per heavy atom. The van der Waals surface area contributed by atoms with Crippen LogP contribution < -0.4 is 10.9 Å². The minimum absolute atomic E-state index is 0.0396. The maximum atomic E-state index is 13.7. The van der Waals surface area contributed by atoms with Gasteiger partial charge in [-0.15, -0.1) is 10.2 Å². The first-order valence-corrected chi connectivity index (χ1v) is 11.4. The predicted octanol–water partition coefficient (Wildman–Crippen LogP) is 4.60. The first-order chi connectivity index (χ1) is 15.3. The maximum Gasteiger partial charge on any atom is 0.272 e. The first kappa shape index (κ1) is 24.0. The second-order valence-electron chi connectivity index (χ2n) is 7.21. The fraction of sp³-hybridized carbons (Fsp3) is 0.238. The van der Waals surface area contributed by atoms with E-state index in [1.54, 1.807) is 18.2 Å². The number of hydrazine groups is 1. The highest BCUT2D eigenvalue weighted by Crippen LogP contribution is 2.32. The van der Waals surface area contributed by atoms with Crippen LogP contribution in [0.1, 0.15) is 24.2 Å². The van der Waals surface area contributed by atoms with E-state index in [1.807, 2.05) is 18.4 Å². The number of amides is 2. The normalized spacial score (nSPS) is 10.9. The van der Waals surface area contributed by atoms with Crippen molar-refractivity contribution in [2.45, 2.75) is 25.5 Å². The lowest BCUT2D eigenvalue weighted by molar-refractivity contribution is -0.119. The second kappa shape index (κ2) is 10.8. The Morgan fingerprint density at radius 3 is 2.56 bits per heavy atom. The molecule has 0 fully saturated rings. The van der Waals surface area contributed by atoms with Crippen molar-refractivity contribution >= 4 is 46.8 Å². The van der Waals surface area contributed by atoms with Crippen molar-refractivity contribution in [3.8, 4) is 11.4 Å². The molecule has 2 N–H and O–H groups in total. The van der Waals surface area contributed by atoms with Gasteiger partial charge in [0.1, 0.15) is 5.82 Å². The molecule has 1 heterocycles. The lowest BCUT2D eigenvalue weighted by atomic mass is 10.2. The average Bonchev–Trinajstić information content (AvgIpc) is 3.12. The largest absolute Gasteiger partial charge is 0.302 e. The van der Waals surface area contributed by atoms with E-state index < -0.39 is 17.6 Å². The van der Waals surface area contributed by atoms with Gasteiger partial charge in [-0.2, -0.15) is 0 Å². The number of nitrogens with zero attached hydrogens (tertiary/aromatic N) is 3. The van der Waals surface area contributed by atoms with Crippen molar-refractivity contribution in [1.29, 1.82) is 0 Å². The molecule has 0 atom stereocenters. The van der Waals surface area contributed by atoms with Gasteiger partial charge in [-0.25, -0.2) is 4.39 Å². The van der Waals surface area contributed by atoms with Gasteiger partial charge in [-0.05, 0) is 36.2 Å². The lowest BCUT2D eigenvalue weighted by Crippen LogP contribution is -2.42. The van der Waals surface area contributed by atoms with Crippen molar-refractivity contribution in [3.63, 3.8) is 0 Å². The van der Waals surface area contributed by atoms with Gasteiger partial charge < -0.3 is 4.57 Å². The van der Waals surface area contributed by atoms with Crippen LogP contribution in [0, 0.1) is 11.7 Å². The van der Waals surface area contributed by atoms with E-state index in [9.17, 15) is 14.0 Å². The van der Waals surface area contributed by atoms with Crippen LogP contribution >= 0.6 is 35.0 Å². The third kappa shape index (κ3) is 5.99. The quantitative estimate of drug-likeness (QED) is 0.369. The molecule has 0 radical (unpaired) electrons. The molecule has 168 valence electrons. The molecule has 0 aliphatic heterocycles. The smallest absolute Gasteiger partial charge is 0.272 e. The minimum Gasteiger partial charge on any atom is -0.302 e. The number of nitrogens with one attached hydrogen (secondary N) is 2. The Balaban J connectivity index is 1.68. The predicted molar refractivity (Wildman–Crippen MR) is 123 cm³/mol. The van der Waals surface area contributed by atoms with Gasteiger partial charge in [0.05, 0.1) is 16.3 Å². The van der Waals surface area contributed by atoms with Crippen molar-refractivity contribution in [2.24, 2.45) is 5.92 Å². The van der Waals surface area contributed by atoms with E-state index in [4.69, 9.17) is 23.2 Å². The number of carbonyl (C=O) groups excluding carboxylic acids is 2. The molecule has 2 aromatic carbocycles. The Bertz CT molecular complexity index is 1140. The van der Waals surface area contributed by atoms with Crippen LogP contribution in [0.25, 0.3) is 11.4 Å². The van der Waals surface area contributed by atoms with Crippen LogP contribution in [0.5, 0.6) is 0 Å². The average molecular weight is 496 g/mol. The third-order valence-electron chi connectivity index (χ3n) is 4.20. The third-order valence-corrected chi connectivity index (χ3v) is 5.72. The topological polar surface area (TPSA) is 88.9 Å². The van der Waals surface area contributed by atoms with Crippen molar-refractivity contribution < 1.29 is 14.0 Å². The highest BCUT2D eigenvalue weighted by Gasteiger charge is 2.19. The van der Waals surface area contributed by atoms with Gasteiger partial charge in [0.25, 0.3) is 5.91 Å². The molecule has 11 heteroatoms. The molecule has 1 aromatic heterocycles. The lowest BCUT2D eigenvalue weighted by Gasteiger charge is -2.13. The van der Waals surface area contributed by atoms with Crippen molar-refractivity contribution in [1.82, 2.24) is 25.6 Å². The van der Waals surface area contributed by atoms with E-state index in [2.05, 4.69) is 21.0 Å². The Hall–Kier alpha value is -2.62. The number of hydrogen-bond donors (Lipinski definition) is 2. The molecular weight excluding hydrogens is 476 g/mol.